The second kappa shape index (κ2) is 7.28. The van der Waals surface area contributed by atoms with Gasteiger partial charge in [0.25, 0.3) is 0 Å². The number of benzene rings is 2. The van der Waals surface area contributed by atoms with E-state index in [4.69, 9.17) is 17.3 Å². The molecule has 1 heterocycles. The molecule has 0 saturated heterocycles. The van der Waals surface area contributed by atoms with Crippen molar-refractivity contribution in [3.63, 3.8) is 0 Å². The Morgan fingerprint density at radius 1 is 0.926 bits per heavy atom. The van der Waals surface area contributed by atoms with Crippen LogP contribution in [0.25, 0.3) is 0 Å². The van der Waals surface area contributed by atoms with Crippen molar-refractivity contribution in [2.24, 2.45) is 0 Å². The first-order chi connectivity index (χ1) is 12.8. The molecule has 4 N–H and O–H groups in total. The van der Waals surface area contributed by atoms with E-state index in [0.29, 0.717) is 0 Å². The molecule has 1 aromatic heterocycles. The summed E-state index contributed by atoms with van der Waals surface area (Å²) in [6.07, 6.45) is -3.40. The molecule has 27 heavy (non-hydrogen) atoms. The van der Waals surface area contributed by atoms with Crippen molar-refractivity contribution in [3.05, 3.63) is 65.2 Å². The van der Waals surface area contributed by atoms with Crippen LogP contribution in [0.3, 0.4) is 0 Å². The van der Waals surface area contributed by atoms with Crippen molar-refractivity contribution < 1.29 is 17.6 Å². The van der Waals surface area contributed by atoms with Gasteiger partial charge in [-0.15, -0.1) is 0 Å². The number of rotatable bonds is 4. The molecule has 5 nitrogen and oxygen atoms in total. The van der Waals surface area contributed by atoms with Gasteiger partial charge in [-0.25, -0.2) is 14.4 Å². The maximum atomic E-state index is 13.8. The van der Waals surface area contributed by atoms with E-state index in [-0.39, 0.29) is 33.7 Å². The van der Waals surface area contributed by atoms with Crippen LogP contribution in [0.5, 0.6) is 0 Å². The van der Waals surface area contributed by atoms with Crippen LogP contribution in [0.4, 0.5) is 46.3 Å². The van der Waals surface area contributed by atoms with Gasteiger partial charge in [0.1, 0.15) is 17.8 Å². The highest BCUT2D eigenvalue weighted by Gasteiger charge is 2.31. The molecule has 0 unspecified atom stereocenters. The SMILES string of the molecule is Nc1c(Nc2ccccc2F)ncnc1Nc1cc(C(F)(F)F)ccc1Cl. The fourth-order valence-electron chi connectivity index (χ4n) is 2.21. The quantitative estimate of drug-likeness (QED) is 0.517. The highest BCUT2D eigenvalue weighted by atomic mass is 35.5. The zero-order chi connectivity index (χ0) is 19.6. The van der Waals surface area contributed by atoms with E-state index in [1.54, 1.807) is 6.07 Å². The molecule has 140 valence electrons. The number of para-hydroxylation sites is 1. The minimum Gasteiger partial charge on any atom is -0.393 e. The first kappa shape index (κ1) is 18.7. The lowest BCUT2D eigenvalue weighted by Crippen LogP contribution is -2.08. The van der Waals surface area contributed by atoms with Crippen LogP contribution >= 0.6 is 11.6 Å². The predicted octanol–water partition coefficient (Wildman–Crippen LogP) is 5.36. The summed E-state index contributed by atoms with van der Waals surface area (Å²) in [7, 11) is 0. The maximum Gasteiger partial charge on any atom is 0.416 e. The van der Waals surface area contributed by atoms with E-state index in [1.807, 2.05) is 0 Å². The third-order valence-corrected chi connectivity index (χ3v) is 3.89. The standard InChI is InChI=1S/C17H12ClF4N5/c18-10-6-5-9(17(20,21)22)7-13(10)27-16-14(23)15(24-8-25-16)26-12-4-2-1-3-11(12)19/h1-8H,23H2,(H2,24,25,26,27). The van der Waals surface area contributed by atoms with E-state index >= 15 is 0 Å². The number of hydrogen-bond donors (Lipinski definition) is 3. The van der Waals surface area contributed by atoms with Crippen molar-refractivity contribution in [2.75, 3.05) is 16.4 Å². The number of anilines is 5. The average molecular weight is 398 g/mol. The Hall–Kier alpha value is -3.07. The van der Waals surface area contributed by atoms with Gasteiger partial charge in [-0.1, -0.05) is 23.7 Å². The van der Waals surface area contributed by atoms with Crippen molar-refractivity contribution in [2.45, 2.75) is 6.18 Å². The lowest BCUT2D eigenvalue weighted by Gasteiger charge is -2.15. The molecule has 0 radical (unpaired) electrons. The molecule has 0 aliphatic carbocycles. The number of halogens is 5. The van der Waals surface area contributed by atoms with E-state index in [1.165, 1.54) is 18.2 Å². The molecule has 0 atom stereocenters. The first-order valence-electron chi connectivity index (χ1n) is 7.51. The van der Waals surface area contributed by atoms with Crippen LogP contribution in [-0.4, -0.2) is 9.97 Å². The van der Waals surface area contributed by atoms with Crippen LogP contribution in [-0.2, 0) is 6.18 Å². The summed E-state index contributed by atoms with van der Waals surface area (Å²) >= 11 is 5.96. The van der Waals surface area contributed by atoms with Crippen LogP contribution in [0.1, 0.15) is 5.56 Å². The Morgan fingerprint density at radius 2 is 1.56 bits per heavy atom. The van der Waals surface area contributed by atoms with Gasteiger partial charge in [0.05, 0.1) is 22.0 Å². The summed E-state index contributed by atoms with van der Waals surface area (Å²) in [4.78, 5) is 7.84. The number of alkyl halides is 3. The second-order valence-corrected chi connectivity index (χ2v) is 5.81. The number of hydrogen-bond acceptors (Lipinski definition) is 5. The zero-order valence-corrected chi connectivity index (χ0v) is 14.2. The Morgan fingerprint density at radius 3 is 2.19 bits per heavy atom. The van der Waals surface area contributed by atoms with Crippen molar-refractivity contribution in [1.82, 2.24) is 9.97 Å². The molecule has 0 saturated carbocycles. The van der Waals surface area contributed by atoms with Crippen LogP contribution in [0.15, 0.2) is 48.8 Å². The summed E-state index contributed by atoms with van der Waals surface area (Å²) in [6.45, 7) is 0. The number of nitrogens with two attached hydrogens (primary N) is 1. The number of aromatic nitrogens is 2. The Bertz CT molecular complexity index is 978. The summed E-state index contributed by atoms with van der Waals surface area (Å²) in [6, 6.07) is 8.68. The molecule has 0 amide bonds. The fourth-order valence-corrected chi connectivity index (χ4v) is 2.37. The molecular formula is C17H12ClF4N5. The van der Waals surface area contributed by atoms with E-state index in [9.17, 15) is 17.6 Å². The van der Waals surface area contributed by atoms with E-state index in [0.717, 1.165) is 24.5 Å². The fraction of sp³-hybridized carbons (Fsp3) is 0.0588. The van der Waals surface area contributed by atoms with Gasteiger partial charge in [0, 0.05) is 0 Å². The predicted molar refractivity (Wildman–Crippen MR) is 95.9 cm³/mol. The molecule has 2 aromatic carbocycles. The van der Waals surface area contributed by atoms with E-state index in [2.05, 4.69) is 20.6 Å². The van der Waals surface area contributed by atoms with Gasteiger partial charge >= 0.3 is 6.18 Å². The van der Waals surface area contributed by atoms with Gasteiger partial charge in [0.2, 0.25) is 0 Å². The average Bonchev–Trinajstić information content (AvgIpc) is 2.61. The van der Waals surface area contributed by atoms with Gasteiger partial charge in [-0.2, -0.15) is 13.2 Å². The highest BCUT2D eigenvalue weighted by Crippen LogP contribution is 2.36. The molecule has 0 fully saturated rings. The molecule has 0 bridgehead atoms. The molecule has 3 aromatic rings. The summed E-state index contributed by atoms with van der Waals surface area (Å²) in [5.74, 6) is -0.420. The molecular weight excluding hydrogens is 386 g/mol. The van der Waals surface area contributed by atoms with Gasteiger partial charge in [0.15, 0.2) is 11.6 Å². The third kappa shape index (κ3) is 4.20. The Labute approximate surface area is 156 Å². The molecule has 0 spiro atoms. The number of nitrogen functional groups attached to an aromatic ring is 1. The topological polar surface area (TPSA) is 75.9 Å². The highest BCUT2D eigenvalue weighted by molar-refractivity contribution is 6.33. The summed E-state index contributed by atoms with van der Waals surface area (Å²) < 4.78 is 52.5. The Kier molecular flexibility index (Phi) is 5.04. The summed E-state index contributed by atoms with van der Waals surface area (Å²) in [5.41, 5.74) is 5.16. The first-order valence-corrected chi connectivity index (χ1v) is 7.89. The smallest absolute Gasteiger partial charge is 0.393 e. The monoisotopic (exact) mass is 397 g/mol. The lowest BCUT2D eigenvalue weighted by atomic mass is 10.2. The second-order valence-electron chi connectivity index (χ2n) is 5.41. The van der Waals surface area contributed by atoms with Gasteiger partial charge in [-0.05, 0) is 30.3 Å². The summed E-state index contributed by atoms with van der Waals surface area (Å²) in [5, 5.41) is 5.41. The van der Waals surface area contributed by atoms with Crippen molar-refractivity contribution in [1.29, 1.82) is 0 Å². The molecule has 3 rings (SSSR count). The van der Waals surface area contributed by atoms with Crippen LogP contribution in [0, 0.1) is 5.82 Å². The molecule has 0 aliphatic heterocycles. The van der Waals surface area contributed by atoms with Crippen LogP contribution < -0.4 is 16.4 Å². The Balaban J connectivity index is 1.92. The molecule has 10 heteroatoms. The number of nitrogens with one attached hydrogen (secondary N) is 2. The lowest BCUT2D eigenvalue weighted by molar-refractivity contribution is -0.137. The number of nitrogens with zero attached hydrogens (tertiary/aromatic N) is 2. The van der Waals surface area contributed by atoms with Gasteiger partial charge in [-0.3, -0.25) is 0 Å². The zero-order valence-electron chi connectivity index (χ0n) is 13.5. The largest absolute Gasteiger partial charge is 0.416 e. The maximum absolute atomic E-state index is 13.8. The minimum atomic E-state index is -4.53. The third-order valence-electron chi connectivity index (χ3n) is 3.56. The minimum absolute atomic E-state index is 0.0186. The van der Waals surface area contributed by atoms with Crippen molar-refractivity contribution in [3.8, 4) is 0 Å². The van der Waals surface area contributed by atoms with Crippen LogP contribution in [0.2, 0.25) is 5.02 Å². The normalized spacial score (nSPS) is 11.3. The van der Waals surface area contributed by atoms with E-state index < -0.39 is 17.6 Å². The van der Waals surface area contributed by atoms with Crippen molar-refractivity contribution >= 4 is 40.3 Å². The van der Waals surface area contributed by atoms with Gasteiger partial charge < -0.3 is 16.4 Å². The molecule has 0 aliphatic rings.